The average molecular weight is 242 g/mol. The van der Waals surface area contributed by atoms with E-state index < -0.39 is 0 Å². The highest BCUT2D eigenvalue weighted by Gasteiger charge is 2.26. The van der Waals surface area contributed by atoms with Gasteiger partial charge in [-0.3, -0.25) is 9.69 Å². The lowest BCUT2D eigenvalue weighted by Crippen LogP contribution is -2.48. The largest absolute Gasteiger partial charge is 0.465 e. The molecule has 0 aliphatic heterocycles. The van der Waals surface area contributed by atoms with Crippen LogP contribution < -0.4 is 5.32 Å². The maximum absolute atomic E-state index is 11.7. The topological polar surface area (TPSA) is 41.6 Å². The first-order valence-electron chi connectivity index (χ1n) is 6.80. The van der Waals surface area contributed by atoms with Crippen LogP contribution in [0.15, 0.2) is 0 Å². The minimum absolute atomic E-state index is 0.133. The minimum atomic E-state index is -0.199. The normalized spacial score (nSPS) is 18.6. The van der Waals surface area contributed by atoms with Crippen molar-refractivity contribution < 1.29 is 9.53 Å². The number of carbonyl (C=O) groups excluding carboxylic acids is 1. The molecule has 0 saturated heterocycles. The number of hydrogen-bond donors (Lipinski definition) is 1. The van der Waals surface area contributed by atoms with Crippen LogP contribution in [0.5, 0.6) is 0 Å². The first kappa shape index (κ1) is 14.5. The summed E-state index contributed by atoms with van der Waals surface area (Å²) in [6.45, 7) is 6.22. The Bertz CT molecular complexity index is 227. The minimum Gasteiger partial charge on any atom is -0.465 e. The molecule has 0 aromatic rings. The van der Waals surface area contributed by atoms with E-state index in [0.29, 0.717) is 12.6 Å². The lowest BCUT2D eigenvalue weighted by molar-refractivity contribution is -0.146. The summed E-state index contributed by atoms with van der Waals surface area (Å²) in [7, 11) is 1.82. The molecule has 0 aromatic heterocycles. The highest BCUT2D eigenvalue weighted by atomic mass is 16.5. The van der Waals surface area contributed by atoms with Gasteiger partial charge < -0.3 is 10.1 Å². The number of ether oxygens (including phenoxy) is 1. The van der Waals surface area contributed by atoms with Crippen LogP contribution in [0.4, 0.5) is 0 Å². The fraction of sp³-hybridized carbons (Fsp3) is 0.923. The van der Waals surface area contributed by atoms with Gasteiger partial charge in [0.25, 0.3) is 0 Å². The van der Waals surface area contributed by atoms with Gasteiger partial charge in [0.2, 0.25) is 0 Å². The van der Waals surface area contributed by atoms with E-state index in [9.17, 15) is 4.79 Å². The molecule has 1 aliphatic rings. The van der Waals surface area contributed by atoms with Gasteiger partial charge in [-0.25, -0.2) is 0 Å². The van der Waals surface area contributed by atoms with Crippen LogP contribution in [0.3, 0.4) is 0 Å². The predicted octanol–water partition coefficient (Wildman–Crippen LogP) is 1.40. The maximum Gasteiger partial charge on any atom is 0.324 e. The van der Waals surface area contributed by atoms with E-state index in [1.54, 1.807) is 0 Å². The Morgan fingerprint density at radius 3 is 2.53 bits per heavy atom. The lowest BCUT2D eigenvalue weighted by Gasteiger charge is -2.30. The van der Waals surface area contributed by atoms with Gasteiger partial charge in [0.05, 0.1) is 6.61 Å². The molecule has 4 heteroatoms. The van der Waals surface area contributed by atoms with E-state index in [1.165, 1.54) is 25.7 Å². The predicted molar refractivity (Wildman–Crippen MR) is 69.0 cm³/mol. The highest BCUT2D eigenvalue weighted by Crippen LogP contribution is 2.23. The maximum atomic E-state index is 11.7. The van der Waals surface area contributed by atoms with Gasteiger partial charge in [-0.1, -0.05) is 19.8 Å². The SMILES string of the molecule is CCOC(=O)C(CN(CC)C1CCCC1)NC. The Kier molecular flexibility index (Phi) is 6.52. The molecule has 1 rings (SSSR count). The molecule has 0 amide bonds. The summed E-state index contributed by atoms with van der Waals surface area (Å²) < 4.78 is 5.07. The molecule has 0 bridgehead atoms. The van der Waals surface area contributed by atoms with Gasteiger partial charge in [0, 0.05) is 12.6 Å². The number of nitrogens with one attached hydrogen (secondary N) is 1. The van der Waals surface area contributed by atoms with Gasteiger partial charge in [0.15, 0.2) is 0 Å². The van der Waals surface area contributed by atoms with Crippen molar-refractivity contribution in [1.29, 1.82) is 0 Å². The van der Waals surface area contributed by atoms with Crippen molar-refractivity contribution in [3.8, 4) is 0 Å². The summed E-state index contributed by atoms with van der Waals surface area (Å²) in [5, 5.41) is 3.06. The van der Waals surface area contributed by atoms with E-state index in [4.69, 9.17) is 4.74 Å². The van der Waals surface area contributed by atoms with Crippen LogP contribution in [-0.2, 0) is 9.53 Å². The molecule has 1 atom stereocenters. The molecule has 0 heterocycles. The quantitative estimate of drug-likeness (QED) is 0.685. The number of nitrogens with zero attached hydrogens (tertiary/aromatic N) is 1. The Labute approximate surface area is 105 Å². The summed E-state index contributed by atoms with van der Waals surface area (Å²) in [5.74, 6) is -0.133. The summed E-state index contributed by atoms with van der Waals surface area (Å²) in [4.78, 5) is 14.1. The number of likely N-dealkylation sites (N-methyl/N-ethyl adjacent to an activating group) is 2. The third-order valence-corrected chi connectivity index (χ3v) is 3.58. The molecule has 1 saturated carbocycles. The Morgan fingerprint density at radius 2 is 2.06 bits per heavy atom. The lowest BCUT2D eigenvalue weighted by atomic mass is 10.1. The molecular weight excluding hydrogens is 216 g/mol. The molecule has 4 nitrogen and oxygen atoms in total. The standard InChI is InChI=1S/C13H26N2O2/c1-4-15(11-8-6-7-9-11)10-12(14-3)13(16)17-5-2/h11-12,14H,4-10H2,1-3H3. The molecule has 1 N–H and O–H groups in total. The average Bonchev–Trinajstić information content (AvgIpc) is 2.84. The van der Waals surface area contributed by atoms with Crippen molar-refractivity contribution in [2.75, 3.05) is 26.7 Å². The van der Waals surface area contributed by atoms with Gasteiger partial charge in [0.1, 0.15) is 6.04 Å². The molecule has 0 radical (unpaired) electrons. The monoisotopic (exact) mass is 242 g/mol. The summed E-state index contributed by atoms with van der Waals surface area (Å²) in [6, 6.07) is 0.459. The van der Waals surface area contributed by atoms with Crippen molar-refractivity contribution >= 4 is 5.97 Å². The van der Waals surface area contributed by atoms with Gasteiger partial charge in [-0.15, -0.1) is 0 Å². The molecular formula is C13H26N2O2. The van der Waals surface area contributed by atoms with E-state index in [1.807, 2.05) is 14.0 Å². The summed E-state index contributed by atoms with van der Waals surface area (Å²) >= 11 is 0. The second kappa shape index (κ2) is 7.67. The zero-order valence-electron chi connectivity index (χ0n) is 11.4. The fourth-order valence-corrected chi connectivity index (χ4v) is 2.57. The molecule has 1 unspecified atom stereocenters. The summed E-state index contributed by atoms with van der Waals surface area (Å²) in [5.41, 5.74) is 0. The molecule has 1 aliphatic carbocycles. The zero-order chi connectivity index (χ0) is 12.7. The Balaban J connectivity index is 2.48. The third-order valence-electron chi connectivity index (χ3n) is 3.58. The van der Waals surface area contributed by atoms with Crippen molar-refractivity contribution in [2.24, 2.45) is 0 Å². The zero-order valence-corrected chi connectivity index (χ0v) is 11.4. The molecule has 0 spiro atoms. The van der Waals surface area contributed by atoms with Gasteiger partial charge in [-0.05, 0) is 33.4 Å². The fourth-order valence-electron chi connectivity index (χ4n) is 2.57. The van der Waals surface area contributed by atoms with Gasteiger partial charge >= 0.3 is 5.97 Å². The van der Waals surface area contributed by atoms with Gasteiger partial charge in [-0.2, -0.15) is 0 Å². The second-order valence-electron chi connectivity index (χ2n) is 4.62. The van der Waals surface area contributed by atoms with Crippen LogP contribution in [0.25, 0.3) is 0 Å². The third kappa shape index (κ3) is 4.28. The van der Waals surface area contributed by atoms with Crippen molar-refractivity contribution in [3.63, 3.8) is 0 Å². The number of rotatable bonds is 7. The summed E-state index contributed by atoms with van der Waals surface area (Å²) in [6.07, 6.45) is 5.19. The number of esters is 1. The molecule has 17 heavy (non-hydrogen) atoms. The van der Waals surface area contributed by atoms with E-state index in [-0.39, 0.29) is 12.0 Å². The van der Waals surface area contributed by atoms with E-state index in [2.05, 4.69) is 17.1 Å². The van der Waals surface area contributed by atoms with Crippen molar-refractivity contribution in [1.82, 2.24) is 10.2 Å². The smallest absolute Gasteiger partial charge is 0.324 e. The Morgan fingerprint density at radius 1 is 1.41 bits per heavy atom. The second-order valence-corrected chi connectivity index (χ2v) is 4.62. The van der Waals surface area contributed by atoms with Crippen LogP contribution in [-0.4, -0.2) is 49.7 Å². The first-order chi connectivity index (χ1) is 8.22. The van der Waals surface area contributed by atoms with Crippen LogP contribution in [0, 0.1) is 0 Å². The van der Waals surface area contributed by atoms with E-state index in [0.717, 1.165) is 13.1 Å². The Hall–Kier alpha value is -0.610. The number of carbonyl (C=O) groups is 1. The van der Waals surface area contributed by atoms with Crippen LogP contribution in [0.2, 0.25) is 0 Å². The molecule has 1 fully saturated rings. The molecule has 0 aromatic carbocycles. The van der Waals surface area contributed by atoms with Crippen LogP contribution in [0.1, 0.15) is 39.5 Å². The molecule has 100 valence electrons. The van der Waals surface area contributed by atoms with Crippen LogP contribution >= 0.6 is 0 Å². The van der Waals surface area contributed by atoms with Crippen molar-refractivity contribution in [2.45, 2.75) is 51.6 Å². The highest BCUT2D eigenvalue weighted by molar-refractivity contribution is 5.76. The number of hydrogen-bond acceptors (Lipinski definition) is 4. The first-order valence-corrected chi connectivity index (χ1v) is 6.80. The van der Waals surface area contributed by atoms with E-state index >= 15 is 0 Å². The van der Waals surface area contributed by atoms with Crippen molar-refractivity contribution in [3.05, 3.63) is 0 Å².